The predicted molar refractivity (Wildman–Crippen MR) is 88.0 cm³/mol. The summed E-state index contributed by atoms with van der Waals surface area (Å²) in [5.74, 6) is -0.0246. The molecule has 21 heavy (non-hydrogen) atoms. The summed E-state index contributed by atoms with van der Waals surface area (Å²) < 4.78 is 0. The quantitative estimate of drug-likeness (QED) is 0.814. The third kappa shape index (κ3) is 5.17. The molecule has 1 aliphatic carbocycles. The molecule has 0 radical (unpaired) electrons. The first-order chi connectivity index (χ1) is 10.1. The number of halogens is 2. The summed E-state index contributed by atoms with van der Waals surface area (Å²) in [6, 6.07) is 5.52. The molecule has 3 N–H and O–H groups in total. The van der Waals surface area contributed by atoms with E-state index in [0.717, 1.165) is 0 Å². The van der Waals surface area contributed by atoms with Crippen LogP contribution in [0.5, 0.6) is 0 Å². The molecule has 1 saturated carbocycles. The van der Waals surface area contributed by atoms with Gasteiger partial charge < -0.3 is 10.6 Å². The van der Waals surface area contributed by atoms with E-state index < -0.39 is 0 Å². The minimum absolute atomic E-state index is 0.0246. The van der Waals surface area contributed by atoms with Gasteiger partial charge in [-0.05, 0) is 50.8 Å². The molecule has 1 aromatic carbocycles. The van der Waals surface area contributed by atoms with E-state index in [2.05, 4.69) is 10.6 Å². The van der Waals surface area contributed by atoms with E-state index in [1.165, 1.54) is 38.5 Å². The molecule has 1 amide bonds. The fraction of sp³-hybridized carbons (Fsp3) is 0.562. The van der Waals surface area contributed by atoms with Crippen molar-refractivity contribution >= 4 is 34.8 Å². The maximum atomic E-state index is 12.3. The number of benzene rings is 1. The molecule has 5 heteroatoms. The van der Waals surface area contributed by atoms with Crippen LogP contribution in [0.4, 0.5) is 5.69 Å². The summed E-state index contributed by atoms with van der Waals surface area (Å²) in [4.78, 5) is 12.3. The Balaban J connectivity index is 1.91. The first kappa shape index (κ1) is 16.6. The average molecular weight is 330 g/mol. The highest BCUT2D eigenvalue weighted by Crippen LogP contribution is 2.25. The molecule has 1 atom stereocenters. The van der Waals surface area contributed by atoms with Gasteiger partial charge in [0.05, 0.1) is 16.8 Å². The van der Waals surface area contributed by atoms with Crippen molar-refractivity contribution in [3.8, 4) is 0 Å². The Morgan fingerprint density at radius 2 is 1.90 bits per heavy atom. The third-order valence-corrected chi connectivity index (χ3v) is 4.63. The van der Waals surface area contributed by atoms with Crippen molar-refractivity contribution in [3.63, 3.8) is 0 Å². The van der Waals surface area contributed by atoms with Crippen molar-refractivity contribution in [1.29, 1.82) is 0 Å². The van der Waals surface area contributed by atoms with Crippen molar-refractivity contribution < 1.29 is 10.1 Å². The molecule has 116 valence electrons. The molecule has 1 fully saturated rings. The van der Waals surface area contributed by atoms with Crippen LogP contribution < -0.4 is 10.6 Å². The molecule has 0 heterocycles. The number of nitrogens with two attached hydrogens (primary N) is 1. The van der Waals surface area contributed by atoms with Crippen LogP contribution in [0, 0.1) is 0 Å². The lowest BCUT2D eigenvalue weighted by Gasteiger charge is -2.18. The van der Waals surface area contributed by atoms with Gasteiger partial charge in [0.25, 0.3) is 5.91 Å². The normalized spacial score (nSPS) is 18.0. The second-order valence-corrected chi connectivity index (χ2v) is 6.69. The SMILES string of the molecule is C[C@@H]([NH2+]C1CCCCCC1)C(=O)Nc1cc(Cl)ccc1Cl. The minimum Gasteiger partial charge on any atom is -0.334 e. The molecule has 2 rings (SSSR count). The lowest BCUT2D eigenvalue weighted by atomic mass is 10.1. The van der Waals surface area contributed by atoms with Crippen LogP contribution >= 0.6 is 23.2 Å². The molecule has 0 aliphatic heterocycles. The fourth-order valence-corrected chi connectivity index (χ4v) is 3.18. The van der Waals surface area contributed by atoms with Gasteiger partial charge in [0, 0.05) is 5.02 Å². The molecule has 0 spiro atoms. The van der Waals surface area contributed by atoms with Crippen molar-refractivity contribution in [2.75, 3.05) is 5.32 Å². The molecule has 1 aliphatic rings. The highest BCUT2D eigenvalue weighted by Gasteiger charge is 2.23. The van der Waals surface area contributed by atoms with Gasteiger partial charge in [0.15, 0.2) is 6.04 Å². The number of amides is 1. The Kier molecular flexibility index (Phi) is 6.34. The van der Waals surface area contributed by atoms with Gasteiger partial charge in [-0.3, -0.25) is 4.79 Å². The van der Waals surface area contributed by atoms with Gasteiger partial charge in [-0.25, -0.2) is 0 Å². The second-order valence-electron chi connectivity index (χ2n) is 5.85. The second kappa shape index (κ2) is 8.02. The van der Waals surface area contributed by atoms with Crippen LogP contribution in [0.2, 0.25) is 10.0 Å². The number of anilines is 1. The molecular formula is C16H23Cl2N2O+. The van der Waals surface area contributed by atoms with E-state index in [1.54, 1.807) is 18.2 Å². The minimum atomic E-state index is -0.122. The largest absolute Gasteiger partial charge is 0.334 e. The highest BCUT2D eigenvalue weighted by molar-refractivity contribution is 6.35. The van der Waals surface area contributed by atoms with Gasteiger partial charge in [-0.2, -0.15) is 0 Å². The number of hydrogen-bond donors (Lipinski definition) is 2. The third-order valence-electron chi connectivity index (χ3n) is 4.06. The van der Waals surface area contributed by atoms with Crippen molar-refractivity contribution in [1.82, 2.24) is 0 Å². The van der Waals surface area contributed by atoms with Crippen LogP contribution in [0.1, 0.15) is 45.4 Å². The maximum Gasteiger partial charge on any atom is 0.282 e. The van der Waals surface area contributed by atoms with Gasteiger partial charge in [-0.15, -0.1) is 0 Å². The van der Waals surface area contributed by atoms with Crippen molar-refractivity contribution in [3.05, 3.63) is 28.2 Å². The number of carbonyl (C=O) groups excluding carboxylic acids is 1. The van der Waals surface area contributed by atoms with E-state index in [9.17, 15) is 4.79 Å². The van der Waals surface area contributed by atoms with Crippen LogP contribution in [0.15, 0.2) is 18.2 Å². The summed E-state index contributed by atoms with van der Waals surface area (Å²) in [6.07, 6.45) is 7.60. The van der Waals surface area contributed by atoms with Gasteiger partial charge >= 0.3 is 0 Å². The number of rotatable bonds is 4. The molecule has 0 unspecified atom stereocenters. The summed E-state index contributed by atoms with van der Waals surface area (Å²) in [5, 5.41) is 6.14. The molecule has 0 bridgehead atoms. The predicted octanol–water partition coefficient (Wildman–Crippen LogP) is 3.61. The van der Waals surface area contributed by atoms with E-state index in [1.807, 2.05) is 6.92 Å². The zero-order valence-electron chi connectivity index (χ0n) is 12.4. The maximum absolute atomic E-state index is 12.3. The topological polar surface area (TPSA) is 45.7 Å². The zero-order valence-corrected chi connectivity index (χ0v) is 13.9. The zero-order chi connectivity index (χ0) is 15.2. The summed E-state index contributed by atoms with van der Waals surface area (Å²) in [7, 11) is 0. The first-order valence-corrected chi connectivity index (χ1v) is 8.43. The lowest BCUT2D eigenvalue weighted by molar-refractivity contribution is -0.707. The molecular weight excluding hydrogens is 307 g/mol. The number of nitrogens with one attached hydrogen (secondary N) is 1. The first-order valence-electron chi connectivity index (χ1n) is 7.67. The fourth-order valence-electron chi connectivity index (χ4n) is 2.84. The Labute approximate surface area is 136 Å². The Morgan fingerprint density at radius 1 is 1.24 bits per heavy atom. The molecule has 0 saturated heterocycles. The van der Waals surface area contributed by atoms with Crippen LogP contribution in [0.25, 0.3) is 0 Å². The van der Waals surface area contributed by atoms with Crippen LogP contribution in [-0.4, -0.2) is 18.0 Å². The van der Waals surface area contributed by atoms with Gasteiger partial charge in [0.1, 0.15) is 0 Å². The Hall–Kier alpha value is -0.770. The van der Waals surface area contributed by atoms with Gasteiger partial charge in [0.2, 0.25) is 0 Å². The van der Waals surface area contributed by atoms with E-state index >= 15 is 0 Å². The van der Waals surface area contributed by atoms with Gasteiger partial charge in [-0.1, -0.05) is 36.0 Å². The summed E-state index contributed by atoms with van der Waals surface area (Å²) in [6.45, 7) is 1.94. The average Bonchev–Trinajstić information content (AvgIpc) is 2.71. The highest BCUT2D eigenvalue weighted by atomic mass is 35.5. The van der Waals surface area contributed by atoms with Crippen molar-refractivity contribution in [2.24, 2.45) is 0 Å². The van der Waals surface area contributed by atoms with E-state index in [-0.39, 0.29) is 11.9 Å². The van der Waals surface area contributed by atoms with E-state index in [0.29, 0.717) is 21.8 Å². The van der Waals surface area contributed by atoms with E-state index in [4.69, 9.17) is 23.2 Å². The summed E-state index contributed by atoms with van der Waals surface area (Å²) >= 11 is 12.0. The lowest BCUT2D eigenvalue weighted by Crippen LogP contribution is -2.96. The van der Waals surface area contributed by atoms with Crippen LogP contribution in [-0.2, 0) is 4.79 Å². The van der Waals surface area contributed by atoms with Crippen molar-refractivity contribution in [2.45, 2.75) is 57.5 Å². The Morgan fingerprint density at radius 3 is 2.57 bits per heavy atom. The standard InChI is InChI=1S/C16H22Cl2N2O/c1-11(19-13-6-4-2-3-5-7-13)16(21)20-15-10-12(17)8-9-14(15)18/h8-11,13,19H,2-7H2,1H3,(H,20,21)/p+1/t11-/m1/s1. The number of quaternary nitrogens is 1. The number of hydrogen-bond acceptors (Lipinski definition) is 1. The monoisotopic (exact) mass is 329 g/mol. The van der Waals surface area contributed by atoms with Crippen LogP contribution in [0.3, 0.4) is 0 Å². The smallest absolute Gasteiger partial charge is 0.282 e. The molecule has 3 nitrogen and oxygen atoms in total. The Bertz CT molecular complexity index is 485. The molecule has 0 aromatic heterocycles. The number of carbonyl (C=O) groups is 1. The molecule has 1 aromatic rings. The summed E-state index contributed by atoms with van der Waals surface area (Å²) in [5.41, 5.74) is 0.579.